The van der Waals surface area contributed by atoms with Crippen molar-refractivity contribution in [3.8, 4) is 0 Å². The minimum absolute atomic E-state index is 0.204. The van der Waals surface area contributed by atoms with Gasteiger partial charge in [-0.05, 0) is 37.5 Å². The Morgan fingerprint density at radius 3 is 2.72 bits per heavy atom. The molecular weight excluding hydrogens is 319 g/mol. The summed E-state index contributed by atoms with van der Waals surface area (Å²) in [6.45, 7) is 8.13. The molecule has 0 aliphatic heterocycles. The molecular formula is C19H27FN4O. The Hall–Kier alpha value is -2.37. The van der Waals surface area contributed by atoms with Crippen LogP contribution < -0.4 is 10.6 Å². The second-order valence-electron chi connectivity index (χ2n) is 5.74. The molecule has 1 aromatic heterocycles. The van der Waals surface area contributed by atoms with E-state index in [0.29, 0.717) is 13.1 Å². The SMILES string of the molecule is CCNC(=NCc1c(CC)noc1CC)NCCc1cccc(F)c1. The number of hydrogen-bond donors (Lipinski definition) is 2. The van der Waals surface area contributed by atoms with Crippen molar-refractivity contribution in [2.45, 2.75) is 46.6 Å². The molecule has 0 bridgehead atoms. The molecule has 5 nitrogen and oxygen atoms in total. The van der Waals surface area contributed by atoms with Crippen molar-refractivity contribution in [1.82, 2.24) is 15.8 Å². The van der Waals surface area contributed by atoms with Crippen LogP contribution in [-0.2, 0) is 25.8 Å². The number of hydrogen-bond acceptors (Lipinski definition) is 3. The van der Waals surface area contributed by atoms with Gasteiger partial charge < -0.3 is 15.2 Å². The molecule has 1 aromatic carbocycles. The van der Waals surface area contributed by atoms with E-state index in [4.69, 9.17) is 4.52 Å². The van der Waals surface area contributed by atoms with Gasteiger partial charge in [-0.3, -0.25) is 0 Å². The normalized spacial score (nSPS) is 11.6. The second kappa shape index (κ2) is 9.81. The first kappa shape index (κ1) is 19.0. The lowest BCUT2D eigenvalue weighted by Crippen LogP contribution is -2.38. The van der Waals surface area contributed by atoms with Gasteiger partial charge in [-0.25, -0.2) is 9.38 Å². The molecule has 1 heterocycles. The highest BCUT2D eigenvalue weighted by molar-refractivity contribution is 5.79. The van der Waals surface area contributed by atoms with Crippen LogP contribution in [-0.4, -0.2) is 24.2 Å². The van der Waals surface area contributed by atoms with Crippen molar-refractivity contribution in [2.24, 2.45) is 4.99 Å². The summed E-state index contributed by atoms with van der Waals surface area (Å²) in [4.78, 5) is 4.64. The predicted molar refractivity (Wildman–Crippen MR) is 98.2 cm³/mol. The summed E-state index contributed by atoms with van der Waals surface area (Å²) in [5.74, 6) is 1.44. The number of aliphatic imine (C=N–C) groups is 1. The van der Waals surface area contributed by atoms with Crippen LogP contribution in [0.5, 0.6) is 0 Å². The van der Waals surface area contributed by atoms with Crippen molar-refractivity contribution in [1.29, 1.82) is 0 Å². The second-order valence-corrected chi connectivity index (χ2v) is 5.74. The minimum atomic E-state index is -0.204. The molecule has 0 amide bonds. The highest BCUT2D eigenvalue weighted by Crippen LogP contribution is 2.16. The van der Waals surface area contributed by atoms with Gasteiger partial charge >= 0.3 is 0 Å². The fourth-order valence-electron chi connectivity index (χ4n) is 2.63. The largest absolute Gasteiger partial charge is 0.361 e. The third-order valence-corrected chi connectivity index (χ3v) is 3.94. The summed E-state index contributed by atoms with van der Waals surface area (Å²) in [6.07, 6.45) is 2.37. The summed E-state index contributed by atoms with van der Waals surface area (Å²) in [5, 5.41) is 10.6. The Kier molecular flexibility index (Phi) is 7.44. The van der Waals surface area contributed by atoms with E-state index in [9.17, 15) is 4.39 Å². The number of guanidine groups is 1. The molecule has 25 heavy (non-hydrogen) atoms. The van der Waals surface area contributed by atoms with Crippen molar-refractivity contribution < 1.29 is 8.91 Å². The molecule has 0 saturated carbocycles. The molecule has 2 N–H and O–H groups in total. The van der Waals surface area contributed by atoms with Gasteiger partial charge in [-0.2, -0.15) is 0 Å². The van der Waals surface area contributed by atoms with Crippen molar-refractivity contribution >= 4 is 5.96 Å². The van der Waals surface area contributed by atoms with Gasteiger partial charge in [0, 0.05) is 25.1 Å². The number of aryl methyl sites for hydroxylation is 2. The highest BCUT2D eigenvalue weighted by atomic mass is 19.1. The van der Waals surface area contributed by atoms with E-state index < -0.39 is 0 Å². The highest BCUT2D eigenvalue weighted by Gasteiger charge is 2.13. The van der Waals surface area contributed by atoms with E-state index in [1.807, 2.05) is 13.0 Å². The molecule has 0 unspecified atom stereocenters. The predicted octanol–water partition coefficient (Wildman–Crippen LogP) is 3.24. The zero-order valence-electron chi connectivity index (χ0n) is 15.2. The molecule has 0 aliphatic carbocycles. The quantitative estimate of drug-likeness (QED) is 0.569. The topological polar surface area (TPSA) is 62.5 Å². The maximum absolute atomic E-state index is 13.2. The molecule has 0 aliphatic rings. The first-order valence-corrected chi connectivity index (χ1v) is 8.90. The molecule has 6 heteroatoms. The standard InChI is InChI=1S/C19H27FN4O/c1-4-17-16(18(5-2)25-24-17)13-23-19(21-6-3)22-11-10-14-8-7-9-15(20)12-14/h7-9,12H,4-6,10-11,13H2,1-3H3,(H2,21,22,23). The lowest BCUT2D eigenvalue weighted by molar-refractivity contribution is 0.380. The number of nitrogens with one attached hydrogen (secondary N) is 2. The number of halogens is 1. The van der Waals surface area contributed by atoms with Crippen LogP contribution >= 0.6 is 0 Å². The van der Waals surface area contributed by atoms with Crippen LogP contribution in [0, 0.1) is 5.82 Å². The van der Waals surface area contributed by atoms with Crippen LogP contribution in [0.25, 0.3) is 0 Å². The van der Waals surface area contributed by atoms with Crippen LogP contribution in [0.4, 0.5) is 4.39 Å². The summed E-state index contributed by atoms with van der Waals surface area (Å²) < 4.78 is 18.6. The molecule has 0 fully saturated rings. The van der Waals surface area contributed by atoms with Gasteiger partial charge in [0.05, 0.1) is 12.2 Å². The van der Waals surface area contributed by atoms with Gasteiger partial charge in [0.2, 0.25) is 0 Å². The van der Waals surface area contributed by atoms with E-state index >= 15 is 0 Å². The molecule has 0 radical (unpaired) electrons. The Labute approximate surface area is 148 Å². The van der Waals surface area contributed by atoms with Gasteiger partial charge in [-0.1, -0.05) is 31.1 Å². The van der Waals surface area contributed by atoms with Gasteiger partial charge in [-0.15, -0.1) is 0 Å². The van der Waals surface area contributed by atoms with E-state index in [1.165, 1.54) is 6.07 Å². The molecule has 136 valence electrons. The van der Waals surface area contributed by atoms with Gasteiger partial charge in [0.1, 0.15) is 11.6 Å². The zero-order chi connectivity index (χ0) is 18.1. The van der Waals surface area contributed by atoms with Crippen molar-refractivity contribution in [2.75, 3.05) is 13.1 Å². The van der Waals surface area contributed by atoms with Crippen LogP contribution in [0.2, 0.25) is 0 Å². The Morgan fingerprint density at radius 1 is 1.20 bits per heavy atom. The summed E-state index contributed by atoms with van der Waals surface area (Å²) in [6, 6.07) is 6.67. The van der Waals surface area contributed by atoms with E-state index in [2.05, 4.69) is 34.6 Å². The third-order valence-electron chi connectivity index (χ3n) is 3.94. The summed E-state index contributed by atoms with van der Waals surface area (Å²) in [5.41, 5.74) is 3.01. The fourth-order valence-corrected chi connectivity index (χ4v) is 2.63. The monoisotopic (exact) mass is 346 g/mol. The Bertz CT molecular complexity index is 675. The minimum Gasteiger partial charge on any atom is -0.361 e. The molecule has 0 atom stereocenters. The molecule has 2 aromatic rings. The van der Waals surface area contributed by atoms with Crippen LogP contribution in [0.3, 0.4) is 0 Å². The average molecular weight is 346 g/mol. The van der Waals surface area contributed by atoms with E-state index in [1.54, 1.807) is 12.1 Å². The van der Waals surface area contributed by atoms with Crippen LogP contribution in [0.15, 0.2) is 33.8 Å². The Balaban J connectivity index is 1.97. The fraction of sp³-hybridized carbons (Fsp3) is 0.474. The summed E-state index contributed by atoms with van der Waals surface area (Å²) >= 11 is 0. The number of benzene rings is 1. The van der Waals surface area contributed by atoms with E-state index in [-0.39, 0.29) is 5.82 Å². The van der Waals surface area contributed by atoms with Crippen molar-refractivity contribution in [3.05, 3.63) is 52.7 Å². The third kappa shape index (κ3) is 5.59. The number of nitrogens with zero attached hydrogens (tertiary/aromatic N) is 2. The summed E-state index contributed by atoms with van der Waals surface area (Å²) in [7, 11) is 0. The Morgan fingerprint density at radius 2 is 2.04 bits per heavy atom. The molecule has 0 spiro atoms. The number of rotatable bonds is 8. The zero-order valence-corrected chi connectivity index (χ0v) is 15.2. The maximum atomic E-state index is 13.2. The van der Waals surface area contributed by atoms with E-state index in [0.717, 1.165) is 54.3 Å². The van der Waals surface area contributed by atoms with Gasteiger partial charge in [0.25, 0.3) is 0 Å². The molecule has 2 rings (SSSR count). The smallest absolute Gasteiger partial charge is 0.191 e. The number of aromatic nitrogens is 1. The molecule has 0 saturated heterocycles. The van der Waals surface area contributed by atoms with Crippen molar-refractivity contribution in [3.63, 3.8) is 0 Å². The van der Waals surface area contributed by atoms with Crippen LogP contribution in [0.1, 0.15) is 43.4 Å². The average Bonchev–Trinajstić information content (AvgIpc) is 3.01. The van der Waals surface area contributed by atoms with Gasteiger partial charge in [0.15, 0.2) is 5.96 Å². The lowest BCUT2D eigenvalue weighted by atomic mass is 10.1. The maximum Gasteiger partial charge on any atom is 0.191 e. The lowest BCUT2D eigenvalue weighted by Gasteiger charge is -2.11. The first-order valence-electron chi connectivity index (χ1n) is 8.90. The first-order chi connectivity index (χ1) is 12.2.